The van der Waals surface area contributed by atoms with Crippen LogP contribution in [0.2, 0.25) is 0 Å². The molecule has 0 rings (SSSR count). The van der Waals surface area contributed by atoms with Crippen molar-refractivity contribution < 1.29 is 4.79 Å². The molecular weight excluding hydrogens is 276 g/mol. The van der Waals surface area contributed by atoms with Crippen molar-refractivity contribution in [3.63, 3.8) is 0 Å². The summed E-state index contributed by atoms with van der Waals surface area (Å²) >= 11 is 0. The van der Waals surface area contributed by atoms with Gasteiger partial charge in [0.05, 0.1) is 0 Å². The minimum Gasteiger partial charge on any atom is -0.370 e. The largest absolute Gasteiger partial charge is 0.370 e. The van der Waals surface area contributed by atoms with E-state index in [1.54, 1.807) is 0 Å². The molecule has 0 aromatic carbocycles. The SMILES string of the molecule is CCCCCCCCCCCC(=O)NC(CCC)N=C(N)N. The lowest BCUT2D eigenvalue weighted by Gasteiger charge is -2.14. The minimum absolute atomic E-state index is 0.0295. The van der Waals surface area contributed by atoms with E-state index in [-0.39, 0.29) is 18.0 Å². The lowest BCUT2D eigenvalue weighted by molar-refractivity contribution is -0.121. The lowest BCUT2D eigenvalue weighted by Crippen LogP contribution is -2.36. The van der Waals surface area contributed by atoms with Gasteiger partial charge in [-0.05, 0) is 12.8 Å². The number of nitrogens with one attached hydrogen (secondary N) is 1. The molecule has 0 saturated heterocycles. The maximum absolute atomic E-state index is 11.9. The third-order valence-electron chi connectivity index (χ3n) is 3.70. The van der Waals surface area contributed by atoms with E-state index in [1.807, 2.05) is 6.92 Å². The van der Waals surface area contributed by atoms with E-state index in [2.05, 4.69) is 17.2 Å². The van der Waals surface area contributed by atoms with Crippen LogP contribution in [0.4, 0.5) is 0 Å². The van der Waals surface area contributed by atoms with Crippen LogP contribution < -0.4 is 16.8 Å². The summed E-state index contributed by atoms with van der Waals surface area (Å²) < 4.78 is 0. The second-order valence-corrected chi connectivity index (χ2v) is 6.00. The lowest BCUT2D eigenvalue weighted by atomic mass is 10.1. The fourth-order valence-electron chi connectivity index (χ4n) is 2.48. The number of unbranched alkanes of at least 4 members (excludes halogenated alkanes) is 8. The summed E-state index contributed by atoms with van der Waals surface area (Å²) in [6, 6.07) is 0. The van der Waals surface area contributed by atoms with Crippen LogP contribution in [-0.4, -0.2) is 18.0 Å². The Hall–Kier alpha value is -1.26. The van der Waals surface area contributed by atoms with Gasteiger partial charge < -0.3 is 16.8 Å². The van der Waals surface area contributed by atoms with Crippen molar-refractivity contribution in [3.05, 3.63) is 0 Å². The van der Waals surface area contributed by atoms with E-state index in [1.165, 1.54) is 44.9 Å². The Labute approximate surface area is 136 Å². The highest BCUT2D eigenvalue weighted by Crippen LogP contribution is 2.10. The molecule has 22 heavy (non-hydrogen) atoms. The summed E-state index contributed by atoms with van der Waals surface area (Å²) in [5.41, 5.74) is 10.7. The van der Waals surface area contributed by atoms with Crippen LogP contribution in [0.3, 0.4) is 0 Å². The molecule has 1 amide bonds. The molecule has 0 aliphatic rings. The zero-order chi connectivity index (χ0) is 16.6. The number of carbonyl (C=O) groups excluding carboxylic acids is 1. The average molecular weight is 313 g/mol. The molecule has 0 saturated carbocycles. The van der Waals surface area contributed by atoms with E-state index >= 15 is 0 Å². The molecule has 0 aliphatic heterocycles. The first-order valence-corrected chi connectivity index (χ1v) is 8.98. The molecule has 5 nitrogen and oxygen atoms in total. The van der Waals surface area contributed by atoms with Crippen molar-refractivity contribution in [2.45, 2.75) is 97.1 Å². The van der Waals surface area contributed by atoms with Gasteiger partial charge in [0.1, 0.15) is 6.17 Å². The van der Waals surface area contributed by atoms with Crippen LogP contribution in [-0.2, 0) is 4.79 Å². The highest BCUT2D eigenvalue weighted by Gasteiger charge is 2.09. The molecule has 0 bridgehead atoms. The molecule has 0 aliphatic carbocycles. The van der Waals surface area contributed by atoms with Gasteiger partial charge in [0.2, 0.25) is 5.91 Å². The smallest absolute Gasteiger partial charge is 0.221 e. The Kier molecular flexibility index (Phi) is 13.8. The van der Waals surface area contributed by atoms with E-state index in [4.69, 9.17) is 11.5 Å². The molecule has 0 aromatic rings. The summed E-state index contributed by atoms with van der Waals surface area (Å²) in [6.07, 6.45) is 13.3. The van der Waals surface area contributed by atoms with Crippen molar-refractivity contribution in [2.75, 3.05) is 0 Å². The van der Waals surface area contributed by atoms with Gasteiger partial charge in [0.15, 0.2) is 5.96 Å². The van der Waals surface area contributed by atoms with Gasteiger partial charge in [-0.2, -0.15) is 0 Å². The Morgan fingerprint density at radius 2 is 1.45 bits per heavy atom. The molecular formula is C17H36N4O. The summed E-state index contributed by atoms with van der Waals surface area (Å²) in [6.45, 7) is 4.28. The summed E-state index contributed by atoms with van der Waals surface area (Å²) in [5, 5.41) is 2.89. The second kappa shape index (κ2) is 14.7. The topological polar surface area (TPSA) is 93.5 Å². The third kappa shape index (κ3) is 13.7. The van der Waals surface area contributed by atoms with E-state index in [9.17, 15) is 4.79 Å². The molecule has 5 heteroatoms. The van der Waals surface area contributed by atoms with Crippen molar-refractivity contribution in [1.29, 1.82) is 0 Å². The number of nitrogens with two attached hydrogens (primary N) is 2. The zero-order valence-corrected chi connectivity index (χ0v) is 14.6. The summed E-state index contributed by atoms with van der Waals surface area (Å²) in [4.78, 5) is 15.9. The maximum atomic E-state index is 11.9. The molecule has 0 fully saturated rings. The Morgan fingerprint density at radius 1 is 0.909 bits per heavy atom. The first-order valence-electron chi connectivity index (χ1n) is 8.98. The minimum atomic E-state index is -0.277. The summed E-state index contributed by atoms with van der Waals surface area (Å²) in [7, 11) is 0. The number of rotatable bonds is 14. The Bertz CT molecular complexity index is 301. The van der Waals surface area contributed by atoms with Crippen LogP contribution in [0, 0.1) is 0 Å². The van der Waals surface area contributed by atoms with Crippen LogP contribution in [0.5, 0.6) is 0 Å². The van der Waals surface area contributed by atoms with Gasteiger partial charge in [-0.1, -0.05) is 71.6 Å². The Morgan fingerprint density at radius 3 is 1.95 bits per heavy atom. The number of amides is 1. The van der Waals surface area contributed by atoms with E-state index < -0.39 is 0 Å². The molecule has 0 aromatic heterocycles. The van der Waals surface area contributed by atoms with Crippen LogP contribution >= 0.6 is 0 Å². The maximum Gasteiger partial charge on any atom is 0.221 e. The van der Waals surface area contributed by atoms with Crippen molar-refractivity contribution in [2.24, 2.45) is 16.5 Å². The van der Waals surface area contributed by atoms with Gasteiger partial charge >= 0.3 is 0 Å². The molecule has 1 atom stereocenters. The molecule has 5 N–H and O–H groups in total. The normalized spacial score (nSPS) is 11.9. The number of aliphatic imine (C=N–C) groups is 1. The standard InChI is InChI=1S/C17H36N4O/c1-3-5-6-7-8-9-10-11-12-14-16(22)20-15(13-4-2)21-17(18)19/h15H,3-14H2,1-2H3,(H,20,22)(H4,18,19,21). The number of hydrogen-bond donors (Lipinski definition) is 3. The zero-order valence-electron chi connectivity index (χ0n) is 14.6. The van der Waals surface area contributed by atoms with Crippen LogP contribution in [0.1, 0.15) is 90.9 Å². The van der Waals surface area contributed by atoms with Gasteiger partial charge in [0.25, 0.3) is 0 Å². The van der Waals surface area contributed by atoms with Gasteiger partial charge in [-0.25, -0.2) is 4.99 Å². The average Bonchev–Trinajstić information content (AvgIpc) is 2.45. The molecule has 130 valence electrons. The van der Waals surface area contributed by atoms with Gasteiger partial charge in [-0.3, -0.25) is 4.79 Å². The third-order valence-corrected chi connectivity index (χ3v) is 3.70. The first-order chi connectivity index (χ1) is 10.6. The fourth-order valence-corrected chi connectivity index (χ4v) is 2.48. The van der Waals surface area contributed by atoms with E-state index in [0.29, 0.717) is 6.42 Å². The van der Waals surface area contributed by atoms with Crippen molar-refractivity contribution in [3.8, 4) is 0 Å². The number of guanidine groups is 1. The molecule has 0 spiro atoms. The highest BCUT2D eigenvalue weighted by molar-refractivity contribution is 5.78. The monoisotopic (exact) mass is 312 g/mol. The van der Waals surface area contributed by atoms with Crippen LogP contribution in [0.25, 0.3) is 0 Å². The second-order valence-electron chi connectivity index (χ2n) is 6.00. The number of carbonyl (C=O) groups is 1. The molecule has 0 radical (unpaired) electrons. The van der Waals surface area contributed by atoms with Crippen LogP contribution in [0.15, 0.2) is 4.99 Å². The predicted molar refractivity (Wildman–Crippen MR) is 94.5 cm³/mol. The predicted octanol–water partition coefficient (Wildman–Crippen LogP) is 3.42. The quantitative estimate of drug-likeness (QED) is 0.260. The fraction of sp³-hybridized carbons (Fsp3) is 0.882. The Balaban J connectivity index is 3.61. The molecule has 0 heterocycles. The number of hydrogen-bond acceptors (Lipinski definition) is 2. The van der Waals surface area contributed by atoms with Gasteiger partial charge in [-0.15, -0.1) is 0 Å². The first kappa shape index (κ1) is 20.7. The highest BCUT2D eigenvalue weighted by atomic mass is 16.1. The van der Waals surface area contributed by atoms with E-state index in [0.717, 1.165) is 25.7 Å². The van der Waals surface area contributed by atoms with Crippen molar-refractivity contribution in [1.82, 2.24) is 5.32 Å². The molecule has 1 unspecified atom stereocenters. The van der Waals surface area contributed by atoms with Crippen molar-refractivity contribution >= 4 is 11.9 Å². The van der Waals surface area contributed by atoms with Gasteiger partial charge in [0, 0.05) is 6.42 Å². The number of nitrogens with zero attached hydrogens (tertiary/aromatic N) is 1. The summed E-state index contributed by atoms with van der Waals surface area (Å²) in [5.74, 6) is 0.0771.